The molecule has 2 rings (SSSR count). The number of nitrogens with one attached hydrogen (secondary N) is 1. The Labute approximate surface area is 129 Å². The second kappa shape index (κ2) is 6.51. The standard InChI is InChI=1S/C14H12F3N3O3/c1-2-9-12(19-6-5-18-9)13(22)20-10-7-8(3-4-11(10)21)23-14(15,16)17/h3-7,21H,2H2,1H3,(H,20,22). The summed E-state index contributed by atoms with van der Waals surface area (Å²) in [5, 5.41) is 12.0. The fraction of sp³-hybridized carbons (Fsp3) is 0.214. The van der Waals surface area contributed by atoms with Gasteiger partial charge in [-0.25, -0.2) is 4.98 Å². The molecule has 1 heterocycles. The van der Waals surface area contributed by atoms with Crippen molar-refractivity contribution >= 4 is 11.6 Å². The molecule has 0 aliphatic carbocycles. The highest BCUT2D eigenvalue weighted by Gasteiger charge is 2.31. The highest BCUT2D eigenvalue weighted by Crippen LogP contribution is 2.31. The van der Waals surface area contributed by atoms with Gasteiger partial charge in [0, 0.05) is 18.5 Å². The first-order valence-corrected chi connectivity index (χ1v) is 6.50. The Morgan fingerprint density at radius 2 is 2.00 bits per heavy atom. The third kappa shape index (κ3) is 4.31. The maximum atomic E-state index is 12.2. The number of hydrogen-bond donors (Lipinski definition) is 2. The van der Waals surface area contributed by atoms with E-state index < -0.39 is 23.8 Å². The zero-order valence-electron chi connectivity index (χ0n) is 11.9. The Morgan fingerprint density at radius 1 is 1.30 bits per heavy atom. The Hall–Kier alpha value is -2.84. The molecule has 0 aliphatic heterocycles. The minimum atomic E-state index is -4.88. The zero-order valence-corrected chi connectivity index (χ0v) is 11.9. The number of phenolic OH excluding ortho intramolecular Hbond substituents is 1. The Morgan fingerprint density at radius 3 is 2.65 bits per heavy atom. The molecule has 1 amide bonds. The Bertz CT molecular complexity index is 720. The van der Waals surface area contributed by atoms with E-state index in [1.165, 1.54) is 12.4 Å². The molecule has 0 unspecified atom stereocenters. The Kier molecular flexibility index (Phi) is 4.68. The molecule has 0 aliphatic rings. The van der Waals surface area contributed by atoms with Crippen molar-refractivity contribution < 1.29 is 27.8 Å². The Balaban J connectivity index is 2.25. The fourth-order valence-corrected chi connectivity index (χ4v) is 1.81. The predicted octanol–water partition coefficient (Wildman–Crippen LogP) is 2.90. The molecule has 23 heavy (non-hydrogen) atoms. The van der Waals surface area contributed by atoms with Crippen LogP contribution in [0.4, 0.5) is 18.9 Å². The van der Waals surface area contributed by atoms with E-state index >= 15 is 0 Å². The van der Waals surface area contributed by atoms with E-state index in [1.54, 1.807) is 6.92 Å². The van der Waals surface area contributed by atoms with E-state index in [1.807, 2.05) is 0 Å². The molecule has 2 N–H and O–H groups in total. The van der Waals surface area contributed by atoms with Gasteiger partial charge in [-0.3, -0.25) is 9.78 Å². The number of rotatable bonds is 4. The number of anilines is 1. The number of halogens is 3. The molecule has 0 fully saturated rings. The van der Waals surface area contributed by atoms with Crippen LogP contribution in [0.25, 0.3) is 0 Å². The summed E-state index contributed by atoms with van der Waals surface area (Å²) in [7, 11) is 0. The molecule has 0 saturated heterocycles. The molecular weight excluding hydrogens is 315 g/mol. The summed E-state index contributed by atoms with van der Waals surface area (Å²) < 4.78 is 40.4. The van der Waals surface area contributed by atoms with Crippen LogP contribution in [0.15, 0.2) is 30.6 Å². The number of nitrogens with zero attached hydrogens (tertiary/aromatic N) is 2. The van der Waals surface area contributed by atoms with Crippen LogP contribution in [0.5, 0.6) is 11.5 Å². The summed E-state index contributed by atoms with van der Waals surface area (Å²) in [6.07, 6.45) is -1.69. The topological polar surface area (TPSA) is 84.3 Å². The van der Waals surface area contributed by atoms with Crippen LogP contribution in [-0.4, -0.2) is 27.3 Å². The number of benzene rings is 1. The van der Waals surface area contributed by atoms with Crippen molar-refractivity contribution in [2.24, 2.45) is 0 Å². The van der Waals surface area contributed by atoms with Crippen molar-refractivity contribution in [3.8, 4) is 11.5 Å². The molecule has 0 saturated carbocycles. The van der Waals surface area contributed by atoms with E-state index in [-0.39, 0.29) is 11.4 Å². The summed E-state index contributed by atoms with van der Waals surface area (Å²) in [4.78, 5) is 20.0. The molecular formula is C14H12F3N3O3. The second-order valence-corrected chi connectivity index (χ2v) is 4.39. The minimum absolute atomic E-state index is 0.0246. The van der Waals surface area contributed by atoms with Crippen LogP contribution in [0.3, 0.4) is 0 Å². The van der Waals surface area contributed by atoms with Crippen molar-refractivity contribution in [2.45, 2.75) is 19.7 Å². The van der Waals surface area contributed by atoms with Crippen LogP contribution in [0.1, 0.15) is 23.1 Å². The van der Waals surface area contributed by atoms with Gasteiger partial charge >= 0.3 is 6.36 Å². The van der Waals surface area contributed by atoms with Crippen LogP contribution in [0, 0.1) is 0 Å². The lowest BCUT2D eigenvalue weighted by atomic mass is 10.2. The van der Waals surface area contributed by atoms with Crippen LogP contribution in [-0.2, 0) is 6.42 Å². The van der Waals surface area contributed by atoms with Crippen molar-refractivity contribution in [3.05, 3.63) is 42.0 Å². The molecule has 0 atom stereocenters. The summed E-state index contributed by atoms with van der Waals surface area (Å²) in [5.74, 6) is -1.68. The van der Waals surface area contributed by atoms with Crippen molar-refractivity contribution in [1.82, 2.24) is 9.97 Å². The predicted molar refractivity (Wildman–Crippen MR) is 74.2 cm³/mol. The normalized spacial score (nSPS) is 11.1. The van der Waals surface area contributed by atoms with Gasteiger partial charge in [0.1, 0.15) is 17.2 Å². The van der Waals surface area contributed by atoms with Gasteiger partial charge in [-0.1, -0.05) is 6.92 Å². The van der Waals surface area contributed by atoms with Gasteiger partial charge in [0.05, 0.1) is 11.4 Å². The third-order valence-corrected chi connectivity index (χ3v) is 2.77. The number of carbonyl (C=O) groups excluding carboxylic acids is 1. The van der Waals surface area contributed by atoms with Gasteiger partial charge in [-0.15, -0.1) is 13.2 Å². The number of carbonyl (C=O) groups is 1. The van der Waals surface area contributed by atoms with Gasteiger partial charge < -0.3 is 15.2 Å². The van der Waals surface area contributed by atoms with Gasteiger partial charge in [-0.05, 0) is 18.6 Å². The van der Waals surface area contributed by atoms with Gasteiger partial charge in [0.15, 0.2) is 0 Å². The summed E-state index contributed by atoms with van der Waals surface area (Å²) in [5.41, 5.74) is 0.216. The van der Waals surface area contributed by atoms with Crippen LogP contribution < -0.4 is 10.1 Å². The SMILES string of the molecule is CCc1nccnc1C(=O)Nc1cc(OC(F)(F)F)ccc1O. The number of amides is 1. The maximum Gasteiger partial charge on any atom is 0.573 e. The van der Waals surface area contributed by atoms with Gasteiger partial charge in [0.2, 0.25) is 0 Å². The third-order valence-electron chi connectivity index (χ3n) is 2.77. The molecule has 9 heteroatoms. The summed E-state index contributed by atoms with van der Waals surface area (Å²) >= 11 is 0. The quantitative estimate of drug-likeness (QED) is 0.844. The smallest absolute Gasteiger partial charge is 0.506 e. The molecule has 0 spiro atoms. The first kappa shape index (κ1) is 16.5. The average Bonchev–Trinajstić information content (AvgIpc) is 2.49. The number of aromatic hydroxyl groups is 1. The summed E-state index contributed by atoms with van der Waals surface area (Å²) in [6, 6.07) is 2.77. The van der Waals surface area contributed by atoms with E-state index in [0.717, 1.165) is 18.2 Å². The molecule has 2 aromatic rings. The first-order chi connectivity index (χ1) is 10.8. The van der Waals surface area contributed by atoms with E-state index in [4.69, 9.17) is 0 Å². The molecule has 6 nitrogen and oxygen atoms in total. The van der Waals surface area contributed by atoms with Crippen molar-refractivity contribution in [1.29, 1.82) is 0 Å². The number of ether oxygens (including phenoxy) is 1. The maximum absolute atomic E-state index is 12.2. The molecule has 122 valence electrons. The lowest BCUT2D eigenvalue weighted by molar-refractivity contribution is -0.274. The number of aryl methyl sites for hydroxylation is 1. The zero-order chi connectivity index (χ0) is 17.0. The number of phenols is 1. The second-order valence-electron chi connectivity index (χ2n) is 4.39. The molecule has 0 bridgehead atoms. The highest BCUT2D eigenvalue weighted by molar-refractivity contribution is 6.04. The fourth-order valence-electron chi connectivity index (χ4n) is 1.81. The highest BCUT2D eigenvalue weighted by atomic mass is 19.4. The molecule has 1 aromatic heterocycles. The van der Waals surface area contributed by atoms with Crippen molar-refractivity contribution in [3.63, 3.8) is 0 Å². The number of aromatic nitrogens is 2. The van der Waals surface area contributed by atoms with Gasteiger partial charge in [-0.2, -0.15) is 0 Å². The average molecular weight is 327 g/mol. The minimum Gasteiger partial charge on any atom is -0.506 e. The van der Waals surface area contributed by atoms with E-state index in [0.29, 0.717) is 12.1 Å². The monoisotopic (exact) mass is 327 g/mol. The number of alkyl halides is 3. The first-order valence-electron chi connectivity index (χ1n) is 6.50. The lowest BCUT2D eigenvalue weighted by Crippen LogP contribution is -2.18. The van der Waals surface area contributed by atoms with E-state index in [2.05, 4.69) is 20.0 Å². The largest absolute Gasteiger partial charge is 0.573 e. The lowest BCUT2D eigenvalue weighted by Gasteiger charge is -2.12. The molecule has 1 aromatic carbocycles. The van der Waals surface area contributed by atoms with Crippen LogP contribution in [0.2, 0.25) is 0 Å². The van der Waals surface area contributed by atoms with Gasteiger partial charge in [0.25, 0.3) is 5.91 Å². The molecule has 0 radical (unpaired) electrons. The number of hydrogen-bond acceptors (Lipinski definition) is 5. The van der Waals surface area contributed by atoms with E-state index in [9.17, 15) is 23.1 Å². The summed E-state index contributed by atoms with van der Waals surface area (Å²) in [6.45, 7) is 1.77. The van der Waals surface area contributed by atoms with Crippen LogP contribution >= 0.6 is 0 Å². The van der Waals surface area contributed by atoms with Crippen molar-refractivity contribution in [2.75, 3.05) is 5.32 Å².